The van der Waals surface area contributed by atoms with Crippen molar-refractivity contribution in [2.24, 2.45) is 11.8 Å². The SMILES string of the molecule is CCOC(=O)CCC(C)C1CC(OCC)C1. The van der Waals surface area contributed by atoms with Gasteiger partial charge in [-0.15, -0.1) is 0 Å². The number of rotatable bonds is 7. The third-order valence-electron chi connectivity index (χ3n) is 3.45. The van der Waals surface area contributed by atoms with E-state index in [0.717, 1.165) is 31.8 Å². The van der Waals surface area contributed by atoms with Gasteiger partial charge in [0.05, 0.1) is 12.7 Å². The van der Waals surface area contributed by atoms with Gasteiger partial charge in [-0.1, -0.05) is 6.92 Å². The van der Waals surface area contributed by atoms with Gasteiger partial charge in [-0.3, -0.25) is 4.79 Å². The zero-order chi connectivity index (χ0) is 12.0. The van der Waals surface area contributed by atoms with E-state index in [1.807, 2.05) is 13.8 Å². The van der Waals surface area contributed by atoms with Gasteiger partial charge in [0.15, 0.2) is 0 Å². The number of ether oxygens (including phenoxy) is 2. The van der Waals surface area contributed by atoms with E-state index < -0.39 is 0 Å². The molecule has 1 fully saturated rings. The lowest BCUT2D eigenvalue weighted by atomic mass is 9.73. The second-order valence-electron chi connectivity index (χ2n) is 4.63. The Bertz CT molecular complexity index is 209. The largest absolute Gasteiger partial charge is 0.466 e. The normalized spacial score (nSPS) is 25.9. The molecule has 0 N–H and O–H groups in total. The van der Waals surface area contributed by atoms with Crippen LogP contribution in [-0.2, 0) is 14.3 Å². The number of hydrogen-bond donors (Lipinski definition) is 0. The third-order valence-corrected chi connectivity index (χ3v) is 3.45. The minimum atomic E-state index is -0.0602. The van der Waals surface area contributed by atoms with Crippen LogP contribution < -0.4 is 0 Å². The molecule has 1 aliphatic rings. The Kier molecular flexibility index (Phi) is 5.81. The summed E-state index contributed by atoms with van der Waals surface area (Å²) in [5.41, 5.74) is 0. The van der Waals surface area contributed by atoms with Crippen molar-refractivity contribution in [3.8, 4) is 0 Å². The quantitative estimate of drug-likeness (QED) is 0.628. The van der Waals surface area contributed by atoms with Crippen LogP contribution in [0.25, 0.3) is 0 Å². The van der Waals surface area contributed by atoms with Gasteiger partial charge in [0.25, 0.3) is 0 Å². The average Bonchev–Trinajstić information content (AvgIpc) is 2.20. The Morgan fingerprint density at radius 1 is 1.31 bits per heavy atom. The highest BCUT2D eigenvalue weighted by Crippen LogP contribution is 2.37. The van der Waals surface area contributed by atoms with Crippen LogP contribution >= 0.6 is 0 Å². The molecule has 0 aliphatic heterocycles. The molecule has 16 heavy (non-hydrogen) atoms. The van der Waals surface area contributed by atoms with Crippen LogP contribution in [0.5, 0.6) is 0 Å². The van der Waals surface area contributed by atoms with Gasteiger partial charge in [-0.2, -0.15) is 0 Å². The van der Waals surface area contributed by atoms with E-state index >= 15 is 0 Å². The Morgan fingerprint density at radius 3 is 2.56 bits per heavy atom. The highest BCUT2D eigenvalue weighted by Gasteiger charge is 2.33. The lowest BCUT2D eigenvalue weighted by Gasteiger charge is -2.38. The molecule has 0 aromatic heterocycles. The van der Waals surface area contributed by atoms with E-state index in [4.69, 9.17) is 9.47 Å². The smallest absolute Gasteiger partial charge is 0.305 e. The summed E-state index contributed by atoms with van der Waals surface area (Å²) in [6.45, 7) is 7.42. The Balaban J connectivity index is 2.08. The van der Waals surface area contributed by atoms with E-state index in [1.54, 1.807) is 0 Å². The zero-order valence-electron chi connectivity index (χ0n) is 10.7. The lowest BCUT2D eigenvalue weighted by Crippen LogP contribution is -2.35. The summed E-state index contributed by atoms with van der Waals surface area (Å²) in [5, 5.41) is 0. The van der Waals surface area contributed by atoms with Gasteiger partial charge in [-0.05, 0) is 44.9 Å². The number of carbonyl (C=O) groups is 1. The van der Waals surface area contributed by atoms with Crippen LogP contribution in [0.15, 0.2) is 0 Å². The standard InChI is InChI=1S/C13H24O3/c1-4-15-12-8-11(9-12)10(3)6-7-13(14)16-5-2/h10-12H,4-9H2,1-3H3. The average molecular weight is 228 g/mol. The molecule has 1 saturated carbocycles. The van der Waals surface area contributed by atoms with E-state index in [2.05, 4.69) is 6.92 Å². The molecule has 94 valence electrons. The maximum atomic E-state index is 11.2. The van der Waals surface area contributed by atoms with Crippen LogP contribution in [0.1, 0.15) is 46.5 Å². The van der Waals surface area contributed by atoms with Crippen molar-refractivity contribution in [3.05, 3.63) is 0 Å². The summed E-state index contributed by atoms with van der Waals surface area (Å²) in [7, 11) is 0. The predicted molar refractivity (Wildman–Crippen MR) is 63.2 cm³/mol. The fraction of sp³-hybridized carbons (Fsp3) is 0.923. The Morgan fingerprint density at radius 2 is 2.00 bits per heavy atom. The van der Waals surface area contributed by atoms with Crippen molar-refractivity contribution in [1.29, 1.82) is 0 Å². The number of hydrogen-bond acceptors (Lipinski definition) is 3. The molecule has 0 bridgehead atoms. The predicted octanol–water partition coefficient (Wildman–Crippen LogP) is 2.78. The monoisotopic (exact) mass is 228 g/mol. The molecule has 3 heteroatoms. The summed E-state index contributed by atoms with van der Waals surface area (Å²) in [4.78, 5) is 11.2. The van der Waals surface area contributed by atoms with Crippen LogP contribution in [0.4, 0.5) is 0 Å². The second kappa shape index (κ2) is 6.89. The molecule has 1 atom stereocenters. The topological polar surface area (TPSA) is 35.5 Å². The van der Waals surface area contributed by atoms with Crippen molar-refractivity contribution in [2.45, 2.75) is 52.6 Å². The minimum absolute atomic E-state index is 0.0602. The summed E-state index contributed by atoms with van der Waals surface area (Å²) in [6.07, 6.45) is 4.31. The molecule has 0 radical (unpaired) electrons. The van der Waals surface area contributed by atoms with Crippen molar-refractivity contribution in [2.75, 3.05) is 13.2 Å². The van der Waals surface area contributed by atoms with Crippen LogP contribution in [0.3, 0.4) is 0 Å². The summed E-state index contributed by atoms with van der Waals surface area (Å²) in [5.74, 6) is 1.29. The first kappa shape index (κ1) is 13.5. The third kappa shape index (κ3) is 4.12. The first-order valence-corrected chi connectivity index (χ1v) is 6.44. The molecule has 0 aromatic rings. The van der Waals surface area contributed by atoms with E-state index in [0.29, 0.717) is 25.0 Å². The lowest BCUT2D eigenvalue weighted by molar-refractivity contribution is -0.143. The van der Waals surface area contributed by atoms with Crippen molar-refractivity contribution >= 4 is 5.97 Å². The minimum Gasteiger partial charge on any atom is -0.466 e. The van der Waals surface area contributed by atoms with Crippen molar-refractivity contribution < 1.29 is 14.3 Å². The highest BCUT2D eigenvalue weighted by atomic mass is 16.5. The van der Waals surface area contributed by atoms with E-state index in [1.165, 1.54) is 0 Å². The van der Waals surface area contributed by atoms with Crippen molar-refractivity contribution in [3.63, 3.8) is 0 Å². The summed E-state index contributed by atoms with van der Waals surface area (Å²) >= 11 is 0. The van der Waals surface area contributed by atoms with Gasteiger partial charge in [0.1, 0.15) is 0 Å². The zero-order valence-corrected chi connectivity index (χ0v) is 10.7. The maximum absolute atomic E-state index is 11.2. The molecule has 3 nitrogen and oxygen atoms in total. The molecular weight excluding hydrogens is 204 g/mol. The number of esters is 1. The van der Waals surface area contributed by atoms with Gasteiger partial charge < -0.3 is 9.47 Å². The van der Waals surface area contributed by atoms with Crippen LogP contribution in [0.2, 0.25) is 0 Å². The molecule has 0 heterocycles. The van der Waals surface area contributed by atoms with E-state index in [-0.39, 0.29) is 5.97 Å². The van der Waals surface area contributed by atoms with Crippen LogP contribution in [0, 0.1) is 11.8 Å². The first-order valence-electron chi connectivity index (χ1n) is 6.44. The molecule has 1 unspecified atom stereocenters. The van der Waals surface area contributed by atoms with Gasteiger partial charge in [-0.25, -0.2) is 0 Å². The van der Waals surface area contributed by atoms with Crippen molar-refractivity contribution in [1.82, 2.24) is 0 Å². The summed E-state index contributed by atoms with van der Waals surface area (Å²) in [6, 6.07) is 0. The molecule has 1 rings (SSSR count). The number of carbonyl (C=O) groups excluding carboxylic acids is 1. The molecule has 0 aromatic carbocycles. The fourth-order valence-corrected chi connectivity index (χ4v) is 2.26. The molecule has 1 aliphatic carbocycles. The molecular formula is C13H24O3. The van der Waals surface area contributed by atoms with E-state index in [9.17, 15) is 4.79 Å². The van der Waals surface area contributed by atoms with Crippen LogP contribution in [-0.4, -0.2) is 25.3 Å². The summed E-state index contributed by atoms with van der Waals surface area (Å²) < 4.78 is 10.5. The fourth-order valence-electron chi connectivity index (χ4n) is 2.26. The van der Waals surface area contributed by atoms with Gasteiger partial charge >= 0.3 is 5.97 Å². The first-order chi connectivity index (χ1) is 7.67. The second-order valence-corrected chi connectivity index (χ2v) is 4.63. The molecule has 0 amide bonds. The molecule has 0 saturated heterocycles. The molecule has 0 spiro atoms. The Labute approximate surface area is 98.5 Å². The highest BCUT2D eigenvalue weighted by molar-refractivity contribution is 5.69. The Hall–Kier alpha value is -0.570. The van der Waals surface area contributed by atoms with Gasteiger partial charge in [0, 0.05) is 13.0 Å². The maximum Gasteiger partial charge on any atom is 0.305 e. The van der Waals surface area contributed by atoms with Gasteiger partial charge in [0.2, 0.25) is 0 Å².